The van der Waals surface area contributed by atoms with Gasteiger partial charge in [-0.3, -0.25) is 9.79 Å². The van der Waals surface area contributed by atoms with Crippen LogP contribution in [0.1, 0.15) is 29.7 Å². The zero-order chi connectivity index (χ0) is 21.9. The molecule has 3 rings (SSSR count). The number of amidine groups is 1. The summed E-state index contributed by atoms with van der Waals surface area (Å²) in [7, 11) is 1.57. The van der Waals surface area contributed by atoms with E-state index >= 15 is 0 Å². The number of ether oxygens (including phenoxy) is 1. The smallest absolute Gasteiger partial charge is 0.416 e. The number of carboxylic acid groups (broad SMARTS) is 1. The summed E-state index contributed by atoms with van der Waals surface area (Å²) in [6.45, 7) is 1.56. The molecule has 0 fully saturated rings. The Hall–Kier alpha value is -2.81. The van der Waals surface area contributed by atoms with Crippen molar-refractivity contribution in [2.75, 3.05) is 7.11 Å². The van der Waals surface area contributed by atoms with Crippen LogP contribution in [0, 0.1) is 5.92 Å². The van der Waals surface area contributed by atoms with E-state index in [9.17, 15) is 23.1 Å². The molecule has 158 valence electrons. The summed E-state index contributed by atoms with van der Waals surface area (Å²) in [4.78, 5) is 20.5. The molecule has 0 spiro atoms. The van der Waals surface area contributed by atoms with E-state index in [0.29, 0.717) is 16.6 Å². The second-order valence-electron chi connectivity index (χ2n) is 6.69. The summed E-state index contributed by atoms with van der Waals surface area (Å²) in [5.74, 6) is -1.06. The number of benzene rings is 2. The van der Waals surface area contributed by atoms with E-state index in [-0.39, 0.29) is 5.56 Å². The van der Waals surface area contributed by atoms with Crippen molar-refractivity contribution < 1.29 is 27.8 Å². The molecule has 0 saturated carbocycles. The highest BCUT2D eigenvalue weighted by Crippen LogP contribution is 2.37. The first-order chi connectivity index (χ1) is 14.2. The highest BCUT2D eigenvalue weighted by molar-refractivity contribution is 8.13. The lowest BCUT2D eigenvalue weighted by Gasteiger charge is -2.26. The predicted molar refractivity (Wildman–Crippen MR) is 110 cm³/mol. The van der Waals surface area contributed by atoms with Gasteiger partial charge in [0.1, 0.15) is 11.7 Å². The Labute approximate surface area is 175 Å². The van der Waals surface area contributed by atoms with Gasteiger partial charge in [0.05, 0.1) is 18.7 Å². The number of hydrogen-bond donors (Lipinski definition) is 1. The van der Waals surface area contributed by atoms with Crippen molar-refractivity contribution in [1.82, 2.24) is 0 Å². The summed E-state index contributed by atoms with van der Waals surface area (Å²) in [5.41, 5.74) is 0.630. The molecule has 0 aromatic heterocycles. The van der Waals surface area contributed by atoms with Crippen LogP contribution in [0.5, 0.6) is 5.75 Å². The van der Waals surface area contributed by atoms with Crippen LogP contribution in [0.15, 0.2) is 58.5 Å². The van der Waals surface area contributed by atoms with Gasteiger partial charge in [-0.1, -0.05) is 36.0 Å². The Kier molecular flexibility index (Phi) is 6.50. The van der Waals surface area contributed by atoms with Gasteiger partial charge < -0.3 is 9.84 Å². The first-order valence-electron chi connectivity index (χ1n) is 8.97. The average Bonchev–Trinajstić information content (AvgIpc) is 2.71. The summed E-state index contributed by atoms with van der Waals surface area (Å²) in [5, 5.41) is 9.96. The molecule has 1 aliphatic rings. The summed E-state index contributed by atoms with van der Waals surface area (Å²) >= 11 is 1.30. The van der Waals surface area contributed by atoms with Gasteiger partial charge in [0.15, 0.2) is 5.17 Å². The van der Waals surface area contributed by atoms with Gasteiger partial charge in [-0.15, -0.1) is 0 Å². The number of rotatable bonds is 5. The molecule has 1 aliphatic heterocycles. The molecule has 0 bridgehead atoms. The number of aliphatic imine (C=N–C) groups is 2. The molecule has 0 aliphatic carbocycles. The lowest BCUT2D eigenvalue weighted by Crippen LogP contribution is -2.31. The number of thioether (sulfide) groups is 1. The highest BCUT2D eigenvalue weighted by atomic mass is 32.2. The van der Waals surface area contributed by atoms with Crippen molar-refractivity contribution >= 4 is 28.6 Å². The Balaban J connectivity index is 1.88. The van der Waals surface area contributed by atoms with Gasteiger partial charge in [-0.2, -0.15) is 13.2 Å². The maximum Gasteiger partial charge on any atom is 0.416 e. The van der Waals surface area contributed by atoms with Crippen LogP contribution in [0.25, 0.3) is 0 Å². The summed E-state index contributed by atoms with van der Waals surface area (Å²) in [6, 6.07) is 11.0. The fourth-order valence-electron chi connectivity index (χ4n) is 3.09. The largest absolute Gasteiger partial charge is 0.497 e. The maximum absolute atomic E-state index is 13.1. The zero-order valence-corrected chi connectivity index (χ0v) is 17.0. The first-order valence-corrected chi connectivity index (χ1v) is 9.96. The van der Waals surface area contributed by atoms with E-state index in [0.717, 1.165) is 23.4 Å². The number of halogens is 3. The van der Waals surface area contributed by atoms with Crippen LogP contribution < -0.4 is 4.74 Å². The molecular weight excluding hydrogens is 417 g/mol. The quantitative estimate of drug-likeness (QED) is 0.698. The minimum absolute atomic E-state index is 0.189. The SMILES string of the molecule is COc1ccc(CSC2=NC(c3cccc(C(F)(F)F)c3)C(C(=O)O)C(C)=N2)cc1. The second kappa shape index (κ2) is 8.91. The number of alkyl halides is 3. The molecule has 30 heavy (non-hydrogen) atoms. The van der Waals surface area contributed by atoms with Crippen molar-refractivity contribution in [3.05, 3.63) is 65.2 Å². The molecule has 0 radical (unpaired) electrons. The van der Waals surface area contributed by atoms with Crippen LogP contribution in [-0.2, 0) is 16.7 Å². The van der Waals surface area contributed by atoms with Crippen LogP contribution in [-0.4, -0.2) is 29.1 Å². The Morgan fingerprint density at radius 2 is 1.90 bits per heavy atom. The van der Waals surface area contributed by atoms with Crippen molar-refractivity contribution in [1.29, 1.82) is 0 Å². The third-order valence-corrected chi connectivity index (χ3v) is 5.57. The van der Waals surface area contributed by atoms with Crippen LogP contribution in [0.2, 0.25) is 0 Å². The van der Waals surface area contributed by atoms with E-state index in [4.69, 9.17) is 4.74 Å². The number of hydrogen-bond acceptors (Lipinski definition) is 5. The Morgan fingerprint density at radius 3 is 2.50 bits per heavy atom. The van der Waals surface area contributed by atoms with Gasteiger partial charge >= 0.3 is 12.1 Å². The maximum atomic E-state index is 13.1. The Bertz CT molecular complexity index is 988. The number of carbonyl (C=O) groups is 1. The van der Waals surface area contributed by atoms with Gasteiger partial charge in [-0.25, -0.2) is 4.99 Å². The molecular formula is C21H19F3N2O3S. The minimum atomic E-state index is -4.53. The molecule has 0 saturated heterocycles. The summed E-state index contributed by atoms with van der Waals surface area (Å²) in [6.07, 6.45) is -4.53. The molecule has 1 N–H and O–H groups in total. The standard InChI is InChI=1S/C21H19F3N2O3S/c1-12-17(19(27)28)18(14-4-3-5-15(10-14)21(22,23)24)26-20(25-12)30-11-13-6-8-16(29-2)9-7-13/h3-10,17-18H,11H2,1-2H3,(H,27,28). The molecule has 1 heterocycles. The van der Waals surface area contributed by atoms with Crippen LogP contribution in [0.3, 0.4) is 0 Å². The monoisotopic (exact) mass is 436 g/mol. The third kappa shape index (κ3) is 5.02. The molecule has 2 aromatic carbocycles. The second-order valence-corrected chi connectivity index (χ2v) is 7.63. The Morgan fingerprint density at radius 1 is 1.20 bits per heavy atom. The number of nitrogens with zero attached hydrogens (tertiary/aromatic N) is 2. The van der Waals surface area contributed by atoms with E-state index < -0.39 is 29.7 Å². The highest BCUT2D eigenvalue weighted by Gasteiger charge is 2.37. The van der Waals surface area contributed by atoms with Crippen molar-refractivity contribution in [3.8, 4) is 5.75 Å². The van der Waals surface area contributed by atoms with E-state index in [1.165, 1.54) is 23.9 Å². The van der Waals surface area contributed by atoms with Crippen molar-refractivity contribution in [3.63, 3.8) is 0 Å². The van der Waals surface area contributed by atoms with E-state index in [1.54, 1.807) is 14.0 Å². The molecule has 2 atom stereocenters. The normalized spacial score (nSPS) is 19.1. The summed E-state index contributed by atoms with van der Waals surface area (Å²) < 4.78 is 44.5. The number of carboxylic acids is 1. The third-order valence-electron chi connectivity index (χ3n) is 4.64. The van der Waals surface area contributed by atoms with Gasteiger partial charge in [0.25, 0.3) is 0 Å². The zero-order valence-electron chi connectivity index (χ0n) is 16.2. The van der Waals surface area contributed by atoms with Gasteiger partial charge in [-0.05, 0) is 42.3 Å². The minimum Gasteiger partial charge on any atom is -0.497 e. The van der Waals surface area contributed by atoms with Crippen LogP contribution in [0.4, 0.5) is 13.2 Å². The fraction of sp³-hybridized carbons (Fsp3) is 0.286. The molecule has 9 heteroatoms. The average molecular weight is 436 g/mol. The van der Waals surface area contributed by atoms with Crippen molar-refractivity contribution in [2.45, 2.75) is 24.9 Å². The van der Waals surface area contributed by atoms with Crippen LogP contribution >= 0.6 is 11.8 Å². The van der Waals surface area contributed by atoms with E-state index in [2.05, 4.69) is 9.98 Å². The van der Waals surface area contributed by atoms with Gasteiger partial charge in [0.2, 0.25) is 0 Å². The lowest BCUT2D eigenvalue weighted by atomic mass is 9.88. The molecule has 5 nitrogen and oxygen atoms in total. The fourth-order valence-corrected chi connectivity index (χ4v) is 3.98. The molecule has 2 aromatic rings. The number of aliphatic carboxylic acids is 1. The number of methoxy groups -OCH3 is 1. The van der Waals surface area contributed by atoms with Gasteiger partial charge in [0, 0.05) is 11.5 Å². The molecule has 2 unspecified atom stereocenters. The molecule has 0 amide bonds. The lowest BCUT2D eigenvalue weighted by molar-refractivity contribution is -0.140. The predicted octanol–water partition coefficient (Wildman–Crippen LogP) is 5.22. The first kappa shape index (κ1) is 21.9. The topological polar surface area (TPSA) is 71.2 Å². The van der Waals surface area contributed by atoms with E-state index in [1.807, 2.05) is 24.3 Å². The van der Waals surface area contributed by atoms with Crippen molar-refractivity contribution in [2.24, 2.45) is 15.9 Å².